The molecule has 0 aliphatic carbocycles. The SMILES string of the molecule is CCOC(=O)c1c(C)c(C)c(C)n1CC.CCOC(=O)c1c(C)c2ccccc2n1C.CCc1c(CC)c(C)n(C)c1C.CCn1c(C(=O)NC)cc(C(=O)c2ccc(Cl)cc2)c1C.CCn1c(C)cc(C)c1C.COC(=O)c1c(C)c(C)n(C)c1C.Cc1c(C)n(C)c2ccc(O)cc12. The third-order valence-corrected chi connectivity index (χ3v) is 20.1. The summed E-state index contributed by atoms with van der Waals surface area (Å²) in [7, 11) is 11.0. The average Bonchev–Trinajstić information content (AvgIpc) is 1.67. The third kappa shape index (κ3) is 18.4. The number of amides is 1. The zero-order chi connectivity index (χ0) is 75.6. The van der Waals surface area contributed by atoms with Crippen LogP contribution in [0.5, 0.6) is 5.75 Å². The van der Waals surface area contributed by atoms with Gasteiger partial charge in [-0.3, -0.25) is 9.59 Å². The molecule has 2 N–H and O–H groups in total. The van der Waals surface area contributed by atoms with Crippen molar-refractivity contribution in [2.24, 2.45) is 28.2 Å². The topological polar surface area (TPSA) is 180 Å². The number of phenols is 1. The molecule has 0 saturated carbocycles. The zero-order valence-electron chi connectivity index (χ0n) is 65.2. The molecule has 0 fully saturated rings. The maximum atomic E-state index is 12.6. The van der Waals surface area contributed by atoms with E-state index in [4.69, 9.17) is 25.8 Å². The number of ketones is 1. The molecule has 3 aromatic carbocycles. The van der Waals surface area contributed by atoms with E-state index in [9.17, 15) is 29.1 Å². The Morgan fingerprint density at radius 3 is 1.43 bits per heavy atom. The Morgan fingerprint density at radius 1 is 0.470 bits per heavy atom. The number of nitrogens with one attached hydrogen (secondary N) is 1. The van der Waals surface area contributed by atoms with Gasteiger partial charge in [-0.05, 0) is 256 Å². The van der Waals surface area contributed by atoms with Gasteiger partial charge in [0.2, 0.25) is 0 Å². The molecule has 0 saturated heterocycles. The predicted molar refractivity (Wildman–Crippen MR) is 410 cm³/mol. The molecule has 7 heterocycles. The number of carbonyl (C=O) groups excluding carboxylic acids is 5. The van der Waals surface area contributed by atoms with E-state index in [1.54, 1.807) is 54.6 Å². The van der Waals surface area contributed by atoms with Crippen LogP contribution in [-0.2, 0) is 74.9 Å². The number of aryl methyl sites for hydroxylation is 6. The molecule has 7 aromatic heterocycles. The lowest BCUT2D eigenvalue weighted by atomic mass is 10.0. The van der Waals surface area contributed by atoms with Crippen molar-refractivity contribution in [3.63, 3.8) is 0 Å². The average molecular weight is 1390 g/mol. The number of halogens is 1. The monoisotopic (exact) mass is 1390 g/mol. The van der Waals surface area contributed by atoms with Crippen LogP contribution in [0.3, 0.4) is 0 Å². The smallest absolute Gasteiger partial charge is 0.355 e. The molecular formula is C82H113ClN8O9. The molecule has 542 valence electrons. The Hall–Kier alpha value is -9.22. The number of carbonyl (C=O) groups is 5. The fraction of sp³-hybridized carbons (Fsp3) is 0.427. The first-order valence-electron chi connectivity index (χ1n) is 34.6. The maximum Gasteiger partial charge on any atom is 0.355 e. The summed E-state index contributed by atoms with van der Waals surface area (Å²) >= 11 is 5.84. The Bertz CT molecular complexity index is 4420. The van der Waals surface area contributed by atoms with Crippen LogP contribution in [0.2, 0.25) is 5.02 Å². The van der Waals surface area contributed by atoms with Crippen LogP contribution in [0.25, 0.3) is 21.8 Å². The van der Waals surface area contributed by atoms with Gasteiger partial charge in [-0.2, -0.15) is 0 Å². The van der Waals surface area contributed by atoms with Gasteiger partial charge in [0.25, 0.3) is 5.91 Å². The highest BCUT2D eigenvalue weighted by atomic mass is 35.5. The summed E-state index contributed by atoms with van der Waals surface area (Å²) in [6.45, 7) is 48.4. The van der Waals surface area contributed by atoms with Gasteiger partial charge in [-0.1, -0.05) is 43.6 Å². The normalized spacial score (nSPS) is 10.6. The first-order chi connectivity index (χ1) is 47.1. The fourth-order valence-corrected chi connectivity index (χ4v) is 13.2. The molecule has 0 bridgehead atoms. The predicted octanol–water partition coefficient (Wildman–Crippen LogP) is 17.8. The number of hydrogen-bond donors (Lipinski definition) is 2. The van der Waals surface area contributed by atoms with Crippen LogP contribution in [-0.4, -0.2) is 94.0 Å². The second kappa shape index (κ2) is 37.3. The lowest BCUT2D eigenvalue weighted by Gasteiger charge is -2.08. The number of fused-ring (bicyclic) bond motifs is 2. The quantitative estimate of drug-likeness (QED) is 0.0645. The molecular weight excluding hydrogens is 1280 g/mol. The number of aromatic hydroxyl groups is 1. The van der Waals surface area contributed by atoms with Crippen molar-refractivity contribution < 1.29 is 43.3 Å². The molecule has 17 nitrogen and oxygen atoms in total. The summed E-state index contributed by atoms with van der Waals surface area (Å²) in [6, 6.07) is 24.1. The van der Waals surface area contributed by atoms with E-state index in [0.29, 0.717) is 64.3 Å². The lowest BCUT2D eigenvalue weighted by Crippen LogP contribution is -2.21. The molecule has 0 atom stereocenters. The molecule has 10 aromatic rings. The molecule has 0 radical (unpaired) electrons. The van der Waals surface area contributed by atoms with Gasteiger partial charge < -0.3 is 56.6 Å². The van der Waals surface area contributed by atoms with Crippen LogP contribution in [0.15, 0.2) is 78.9 Å². The first-order valence-corrected chi connectivity index (χ1v) is 35.0. The van der Waals surface area contributed by atoms with Gasteiger partial charge in [0.15, 0.2) is 5.78 Å². The summed E-state index contributed by atoms with van der Waals surface area (Å²) in [5.74, 6) is -0.691. The highest BCUT2D eigenvalue weighted by Gasteiger charge is 2.24. The molecule has 1 amide bonds. The van der Waals surface area contributed by atoms with E-state index >= 15 is 0 Å². The van der Waals surface area contributed by atoms with Crippen molar-refractivity contribution in [1.29, 1.82) is 0 Å². The van der Waals surface area contributed by atoms with Gasteiger partial charge in [0.05, 0.1) is 25.9 Å². The van der Waals surface area contributed by atoms with Crippen LogP contribution in [0.4, 0.5) is 0 Å². The molecule has 0 aliphatic rings. The van der Waals surface area contributed by atoms with Gasteiger partial charge in [-0.15, -0.1) is 0 Å². The standard InChI is InChI=1S/C16H17ClN2O2.C13H15NO2.C12H19NO2.C11H13NO.C11H19N.C10H15NO2.C9H15N/c1-4-19-10(2)13(9-14(19)16(21)18-3)15(20)11-5-7-12(17)8-6-11;1-4-16-13(15)12-9(2)10-7-5-6-8-11(10)14(12)3;1-6-13-10(5)8(3)9(4)11(13)12(14)15-7-2;1-7-8(2)12(3)11-5-4-9(13)6-10(7)11;1-6-10-8(3)12(5)9(4)11(10)7-2;1-6-7(2)11(4)8(3)9(6)10(12)13-5;1-5-10-8(3)6-7(2)9(10)4/h5-9H,4H2,1-3H3,(H,18,21);5-8H,4H2,1-3H3;6-7H2,1-5H3;4-6,13H,1-3H3;6-7H2,1-5H3;1-5H3;6H,5H2,1-4H3. The molecule has 0 unspecified atom stereocenters. The number of benzene rings is 3. The molecule has 100 heavy (non-hydrogen) atoms. The minimum absolute atomic E-state index is 0.110. The number of methoxy groups -OCH3 is 1. The fourth-order valence-electron chi connectivity index (χ4n) is 13.1. The number of aromatic nitrogens is 7. The number of phenolic OH excluding ortho intramolecular Hbond substituents is 1. The van der Waals surface area contributed by atoms with E-state index in [0.717, 1.165) is 81.7 Å². The van der Waals surface area contributed by atoms with Gasteiger partial charge >= 0.3 is 17.9 Å². The number of rotatable bonds is 13. The van der Waals surface area contributed by atoms with Crippen molar-refractivity contribution in [1.82, 2.24) is 37.3 Å². The van der Waals surface area contributed by atoms with Crippen LogP contribution in [0, 0.1) is 104 Å². The summed E-state index contributed by atoms with van der Waals surface area (Å²) in [6.07, 6.45) is 2.33. The Kier molecular flexibility index (Phi) is 31.0. The van der Waals surface area contributed by atoms with Crippen LogP contribution < -0.4 is 5.32 Å². The maximum absolute atomic E-state index is 12.6. The largest absolute Gasteiger partial charge is 0.508 e. The molecule has 0 spiro atoms. The second-order valence-corrected chi connectivity index (χ2v) is 25.4. The summed E-state index contributed by atoms with van der Waals surface area (Å²) in [5, 5.41) is 14.8. The highest BCUT2D eigenvalue weighted by Crippen LogP contribution is 2.29. The summed E-state index contributed by atoms with van der Waals surface area (Å²) in [4.78, 5) is 59.5. The number of esters is 3. The lowest BCUT2D eigenvalue weighted by molar-refractivity contribution is 0.0504. The second-order valence-electron chi connectivity index (χ2n) is 25.0. The molecule has 0 aliphatic heterocycles. The first kappa shape index (κ1) is 83.2. The Morgan fingerprint density at radius 2 is 0.980 bits per heavy atom. The van der Waals surface area contributed by atoms with E-state index in [1.165, 1.54) is 57.8 Å². The highest BCUT2D eigenvalue weighted by molar-refractivity contribution is 6.30. The minimum Gasteiger partial charge on any atom is -0.508 e. The minimum atomic E-state index is -0.251. The Labute approximate surface area is 600 Å². The number of para-hydroxylation sites is 1. The van der Waals surface area contributed by atoms with Crippen molar-refractivity contribution in [3.05, 3.63) is 213 Å². The van der Waals surface area contributed by atoms with Crippen molar-refractivity contribution >= 4 is 63.0 Å². The number of hydrogen-bond acceptors (Lipinski definition) is 9. The van der Waals surface area contributed by atoms with Crippen molar-refractivity contribution in [2.45, 2.75) is 185 Å². The van der Waals surface area contributed by atoms with E-state index in [-0.39, 0.29) is 29.6 Å². The number of ether oxygens (including phenoxy) is 3. The summed E-state index contributed by atoms with van der Waals surface area (Å²) in [5.41, 5.74) is 26.7. The van der Waals surface area contributed by atoms with Gasteiger partial charge in [-0.25, -0.2) is 14.4 Å². The summed E-state index contributed by atoms with van der Waals surface area (Å²) < 4.78 is 29.4. The molecule has 18 heteroatoms. The van der Waals surface area contributed by atoms with E-state index in [2.05, 4.69) is 101 Å². The van der Waals surface area contributed by atoms with Crippen LogP contribution in [0.1, 0.15) is 202 Å². The Balaban J connectivity index is 0.000000250. The number of nitrogens with zero attached hydrogens (tertiary/aromatic N) is 7. The van der Waals surface area contributed by atoms with E-state index < -0.39 is 0 Å². The van der Waals surface area contributed by atoms with Crippen molar-refractivity contribution in [2.75, 3.05) is 27.4 Å². The van der Waals surface area contributed by atoms with E-state index in [1.807, 2.05) is 159 Å². The third-order valence-electron chi connectivity index (χ3n) is 19.8. The van der Waals surface area contributed by atoms with Gasteiger partial charge in [0.1, 0.15) is 22.8 Å². The zero-order valence-corrected chi connectivity index (χ0v) is 65.9. The van der Waals surface area contributed by atoms with Crippen LogP contribution >= 0.6 is 11.6 Å². The molecule has 10 rings (SSSR count). The van der Waals surface area contributed by atoms with Gasteiger partial charge in [0, 0.05) is 144 Å². The van der Waals surface area contributed by atoms with Crippen molar-refractivity contribution in [3.8, 4) is 5.75 Å².